The summed E-state index contributed by atoms with van der Waals surface area (Å²) in [6, 6.07) is -0.794. The average molecular weight is 686 g/mol. The summed E-state index contributed by atoms with van der Waals surface area (Å²) in [6.07, 6.45) is 25.9. The van der Waals surface area contributed by atoms with Gasteiger partial charge in [0, 0.05) is 6.42 Å². The highest BCUT2D eigenvalue weighted by Gasteiger charge is 2.44. The van der Waals surface area contributed by atoms with E-state index in [0.717, 1.165) is 51.4 Å². The fraction of sp³-hybridized carbons (Fsp3) is 0.923. The molecule has 1 rings (SSSR count). The molecule has 0 aromatic carbocycles. The number of rotatable bonds is 32. The Morgan fingerprint density at radius 3 is 1.62 bits per heavy atom. The van der Waals surface area contributed by atoms with Gasteiger partial charge in [0.25, 0.3) is 0 Å². The van der Waals surface area contributed by atoms with Crippen LogP contribution in [0.25, 0.3) is 0 Å². The van der Waals surface area contributed by atoms with Gasteiger partial charge in [-0.25, -0.2) is 0 Å². The average Bonchev–Trinajstić information content (AvgIpc) is 3.08. The zero-order chi connectivity index (χ0) is 35.2. The van der Waals surface area contributed by atoms with Crippen molar-refractivity contribution in [2.45, 2.75) is 217 Å². The molecule has 0 aromatic heterocycles. The number of hydrogen-bond donors (Lipinski definition) is 6. The highest BCUT2D eigenvalue weighted by atomic mass is 16.7. The number of allylic oxidation sites excluding steroid dienone is 1. The Morgan fingerprint density at radius 1 is 0.688 bits per heavy atom. The normalized spacial score (nSPS) is 22.7. The van der Waals surface area contributed by atoms with E-state index in [0.29, 0.717) is 6.42 Å². The summed E-state index contributed by atoms with van der Waals surface area (Å²) in [5.74, 6) is -0.190. The molecule has 284 valence electrons. The lowest BCUT2D eigenvalue weighted by atomic mass is 9.99. The van der Waals surface area contributed by atoms with E-state index in [4.69, 9.17) is 9.47 Å². The van der Waals surface area contributed by atoms with Gasteiger partial charge in [-0.1, -0.05) is 161 Å². The van der Waals surface area contributed by atoms with Gasteiger partial charge in [0.2, 0.25) is 5.91 Å². The minimum absolute atomic E-state index is 0.186. The van der Waals surface area contributed by atoms with Crippen molar-refractivity contribution >= 4 is 5.91 Å². The Kier molecular flexibility index (Phi) is 28.8. The third kappa shape index (κ3) is 21.9. The van der Waals surface area contributed by atoms with Crippen LogP contribution in [0, 0.1) is 0 Å². The molecule has 7 unspecified atom stereocenters. The summed E-state index contributed by atoms with van der Waals surface area (Å²) in [6.45, 7) is 3.67. The van der Waals surface area contributed by atoms with Crippen molar-refractivity contribution in [2.75, 3.05) is 13.2 Å². The second-order valence-electron chi connectivity index (χ2n) is 14.1. The Balaban J connectivity index is 2.29. The summed E-state index contributed by atoms with van der Waals surface area (Å²) in [4.78, 5) is 12.7. The van der Waals surface area contributed by atoms with Crippen molar-refractivity contribution in [3.8, 4) is 0 Å². The van der Waals surface area contributed by atoms with Gasteiger partial charge < -0.3 is 40.3 Å². The van der Waals surface area contributed by atoms with Gasteiger partial charge in [-0.05, 0) is 19.3 Å². The van der Waals surface area contributed by atoms with Crippen LogP contribution in [-0.4, -0.2) is 87.5 Å². The molecule has 9 heteroatoms. The van der Waals surface area contributed by atoms with Crippen LogP contribution in [0.1, 0.15) is 174 Å². The van der Waals surface area contributed by atoms with Crippen molar-refractivity contribution in [1.29, 1.82) is 0 Å². The molecule has 48 heavy (non-hydrogen) atoms. The summed E-state index contributed by atoms with van der Waals surface area (Å²) in [7, 11) is 0. The fourth-order valence-electron chi connectivity index (χ4n) is 6.33. The van der Waals surface area contributed by atoms with Crippen LogP contribution >= 0.6 is 0 Å². The largest absolute Gasteiger partial charge is 0.394 e. The van der Waals surface area contributed by atoms with E-state index in [1.807, 2.05) is 6.08 Å². The summed E-state index contributed by atoms with van der Waals surface area (Å²) < 4.78 is 11.1. The lowest BCUT2D eigenvalue weighted by molar-refractivity contribution is -0.302. The number of aliphatic hydroxyl groups excluding tert-OH is 5. The maximum absolute atomic E-state index is 12.7. The Bertz CT molecular complexity index is 766. The van der Waals surface area contributed by atoms with Crippen LogP contribution in [0.5, 0.6) is 0 Å². The van der Waals surface area contributed by atoms with Crippen molar-refractivity contribution in [3.05, 3.63) is 12.2 Å². The maximum atomic E-state index is 12.7. The molecule has 9 nitrogen and oxygen atoms in total. The van der Waals surface area contributed by atoms with Crippen LogP contribution in [0.15, 0.2) is 12.2 Å². The monoisotopic (exact) mass is 686 g/mol. The van der Waals surface area contributed by atoms with Crippen LogP contribution in [0.4, 0.5) is 0 Å². The first-order valence-electron chi connectivity index (χ1n) is 19.9. The SMILES string of the molecule is CCCCCCCCCCCCCCCCCCCC/C=C/C(O)C(COC1OC(CO)C(O)C(O)C1O)NC(=O)CCCCCCC. The van der Waals surface area contributed by atoms with Crippen LogP contribution < -0.4 is 5.32 Å². The summed E-state index contributed by atoms with van der Waals surface area (Å²) in [5, 5.41) is 53.7. The lowest BCUT2D eigenvalue weighted by Gasteiger charge is -2.40. The molecule has 0 aliphatic carbocycles. The van der Waals surface area contributed by atoms with Crippen LogP contribution in [0.2, 0.25) is 0 Å². The fourth-order valence-corrected chi connectivity index (χ4v) is 6.33. The number of hydrogen-bond acceptors (Lipinski definition) is 8. The topological polar surface area (TPSA) is 149 Å². The van der Waals surface area contributed by atoms with Crippen molar-refractivity contribution < 1.29 is 39.8 Å². The number of ether oxygens (including phenoxy) is 2. The molecule has 7 atom stereocenters. The number of carbonyl (C=O) groups is 1. The number of amides is 1. The van der Waals surface area contributed by atoms with E-state index in [-0.39, 0.29) is 12.5 Å². The molecule has 6 N–H and O–H groups in total. The van der Waals surface area contributed by atoms with Gasteiger partial charge in [-0.3, -0.25) is 4.79 Å². The van der Waals surface area contributed by atoms with Gasteiger partial charge >= 0.3 is 0 Å². The molecule has 0 radical (unpaired) electrons. The third-order valence-corrected chi connectivity index (χ3v) is 9.61. The highest BCUT2D eigenvalue weighted by molar-refractivity contribution is 5.76. The number of unbranched alkanes of at least 4 members (excludes halogenated alkanes) is 22. The molecule has 1 saturated heterocycles. The zero-order valence-electron chi connectivity index (χ0n) is 30.7. The van der Waals surface area contributed by atoms with E-state index < -0.39 is 49.5 Å². The molecule has 0 saturated carbocycles. The Hall–Kier alpha value is -1.07. The minimum atomic E-state index is -1.56. The first-order chi connectivity index (χ1) is 23.3. The molecular weight excluding hydrogens is 610 g/mol. The van der Waals surface area contributed by atoms with E-state index in [1.165, 1.54) is 103 Å². The number of carbonyl (C=O) groups excluding carboxylic acids is 1. The minimum Gasteiger partial charge on any atom is -0.394 e. The molecule has 1 heterocycles. The molecule has 0 spiro atoms. The number of nitrogens with one attached hydrogen (secondary N) is 1. The summed E-state index contributed by atoms with van der Waals surface area (Å²) in [5.41, 5.74) is 0. The van der Waals surface area contributed by atoms with E-state index >= 15 is 0 Å². The van der Waals surface area contributed by atoms with E-state index in [2.05, 4.69) is 19.2 Å². The smallest absolute Gasteiger partial charge is 0.220 e. The van der Waals surface area contributed by atoms with Crippen LogP contribution in [-0.2, 0) is 14.3 Å². The van der Waals surface area contributed by atoms with Gasteiger partial charge in [-0.2, -0.15) is 0 Å². The van der Waals surface area contributed by atoms with Crippen molar-refractivity contribution in [1.82, 2.24) is 5.32 Å². The summed E-state index contributed by atoms with van der Waals surface area (Å²) >= 11 is 0. The Labute approximate surface area is 293 Å². The van der Waals surface area contributed by atoms with Crippen molar-refractivity contribution in [3.63, 3.8) is 0 Å². The van der Waals surface area contributed by atoms with E-state index in [9.17, 15) is 30.3 Å². The first-order valence-corrected chi connectivity index (χ1v) is 19.9. The maximum Gasteiger partial charge on any atom is 0.220 e. The Morgan fingerprint density at radius 2 is 1.15 bits per heavy atom. The molecule has 1 amide bonds. The quantitative estimate of drug-likeness (QED) is 0.0328. The molecule has 0 aromatic rings. The lowest BCUT2D eigenvalue weighted by Crippen LogP contribution is -2.60. The molecule has 1 aliphatic rings. The van der Waals surface area contributed by atoms with Gasteiger partial charge in [0.1, 0.15) is 24.4 Å². The number of aliphatic hydroxyl groups is 5. The predicted molar refractivity (Wildman–Crippen MR) is 194 cm³/mol. The van der Waals surface area contributed by atoms with Crippen LogP contribution in [0.3, 0.4) is 0 Å². The van der Waals surface area contributed by atoms with Gasteiger partial charge in [0.15, 0.2) is 6.29 Å². The molecular formula is C39H75NO8. The standard InChI is InChI=1S/C39H75NO8/c1-3-5-7-9-10-11-12-13-14-15-16-17-18-19-20-21-22-23-25-26-28-33(42)32(40-35(43)29-27-24-8-6-4-2)31-47-39-38(46)37(45)36(44)34(30-41)48-39/h26,28,32-34,36-39,41-42,44-46H,3-25,27,29-31H2,1-2H3,(H,40,43)/b28-26+. The highest BCUT2D eigenvalue weighted by Crippen LogP contribution is 2.22. The second kappa shape index (κ2) is 30.7. The van der Waals surface area contributed by atoms with Gasteiger partial charge in [-0.15, -0.1) is 0 Å². The van der Waals surface area contributed by atoms with Crippen molar-refractivity contribution in [2.24, 2.45) is 0 Å². The molecule has 0 bridgehead atoms. The zero-order valence-corrected chi connectivity index (χ0v) is 30.7. The predicted octanol–water partition coefficient (Wildman–Crippen LogP) is 7.00. The molecule has 1 fully saturated rings. The van der Waals surface area contributed by atoms with Gasteiger partial charge in [0.05, 0.1) is 25.4 Å². The van der Waals surface area contributed by atoms with E-state index in [1.54, 1.807) is 6.08 Å². The molecule has 1 aliphatic heterocycles. The second-order valence-corrected chi connectivity index (χ2v) is 14.1. The first kappa shape index (κ1) is 45.0. The third-order valence-electron chi connectivity index (χ3n) is 9.61.